The van der Waals surface area contributed by atoms with Gasteiger partial charge in [-0.15, -0.1) is 0 Å². The minimum atomic E-state index is 0.318. The molecule has 1 aromatic rings. The first-order valence-electron chi connectivity index (χ1n) is 8.78. The van der Waals surface area contributed by atoms with E-state index in [0.29, 0.717) is 18.2 Å². The zero-order chi connectivity index (χ0) is 15.9. The van der Waals surface area contributed by atoms with E-state index in [1.807, 2.05) is 12.4 Å². The number of carbonyl (C=O) groups excluding carboxylic acids is 1. The number of pyridine rings is 1. The molecule has 0 aromatic carbocycles. The third-order valence-corrected chi connectivity index (χ3v) is 4.99. The summed E-state index contributed by atoms with van der Waals surface area (Å²) in [6.45, 7) is 6.22. The van der Waals surface area contributed by atoms with E-state index >= 15 is 0 Å². The highest BCUT2D eigenvalue weighted by Crippen LogP contribution is 2.22. The van der Waals surface area contributed by atoms with E-state index in [1.165, 1.54) is 5.56 Å². The van der Waals surface area contributed by atoms with Gasteiger partial charge in [0.05, 0.1) is 13.2 Å². The Hall–Kier alpha value is -1.46. The van der Waals surface area contributed by atoms with Crippen molar-refractivity contribution in [2.24, 2.45) is 5.92 Å². The van der Waals surface area contributed by atoms with Crippen molar-refractivity contribution >= 4 is 5.91 Å². The van der Waals surface area contributed by atoms with E-state index in [0.717, 1.165) is 65.2 Å². The van der Waals surface area contributed by atoms with Crippen LogP contribution in [0.1, 0.15) is 24.8 Å². The summed E-state index contributed by atoms with van der Waals surface area (Å²) in [5.41, 5.74) is 1.36. The van der Waals surface area contributed by atoms with Crippen molar-refractivity contribution in [2.75, 3.05) is 45.9 Å². The molecular weight excluding hydrogens is 290 g/mol. The number of nitrogens with zero attached hydrogens (tertiary/aromatic N) is 3. The molecule has 126 valence electrons. The minimum Gasteiger partial charge on any atom is -0.379 e. The van der Waals surface area contributed by atoms with Crippen LogP contribution in [0.25, 0.3) is 0 Å². The van der Waals surface area contributed by atoms with Gasteiger partial charge in [0.2, 0.25) is 5.91 Å². The first kappa shape index (κ1) is 16.4. The first-order valence-corrected chi connectivity index (χ1v) is 8.78. The number of rotatable bonds is 5. The van der Waals surface area contributed by atoms with Gasteiger partial charge in [-0.25, -0.2) is 0 Å². The van der Waals surface area contributed by atoms with Gasteiger partial charge in [0.1, 0.15) is 0 Å². The van der Waals surface area contributed by atoms with Crippen LogP contribution in [0.3, 0.4) is 0 Å². The highest BCUT2D eigenvalue weighted by atomic mass is 16.5. The maximum Gasteiger partial charge on any atom is 0.223 e. The topological polar surface area (TPSA) is 45.7 Å². The Balaban J connectivity index is 1.37. The molecule has 5 heteroatoms. The van der Waals surface area contributed by atoms with Crippen LogP contribution in [-0.4, -0.2) is 66.6 Å². The number of carbonyl (C=O) groups is 1. The van der Waals surface area contributed by atoms with Crippen molar-refractivity contribution in [3.05, 3.63) is 30.1 Å². The second-order valence-electron chi connectivity index (χ2n) is 6.59. The van der Waals surface area contributed by atoms with E-state index in [1.54, 1.807) is 0 Å². The first-order chi connectivity index (χ1) is 11.3. The quantitative estimate of drug-likeness (QED) is 0.827. The Morgan fingerprint density at radius 1 is 1.13 bits per heavy atom. The van der Waals surface area contributed by atoms with Crippen LogP contribution >= 0.6 is 0 Å². The second kappa shape index (κ2) is 8.41. The molecule has 2 aliphatic rings. The van der Waals surface area contributed by atoms with Crippen molar-refractivity contribution < 1.29 is 9.53 Å². The molecule has 23 heavy (non-hydrogen) atoms. The summed E-state index contributed by atoms with van der Waals surface area (Å²) in [6, 6.07) is 4.19. The summed E-state index contributed by atoms with van der Waals surface area (Å²) in [6.07, 6.45) is 7.71. The minimum absolute atomic E-state index is 0.318. The van der Waals surface area contributed by atoms with E-state index in [9.17, 15) is 4.79 Å². The lowest BCUT2D eigenvalue weighted by molar-refractivity contribution is -0.133. The average Bonchev–Trinajstić information content (AvgIpc) is 2.62. The molecule has 0 bridgehead atoms. The van der Waals surface area contributed by atoms with Gasteiger partial charge in [0, 0.05) is 51.5 Å². The zero-order valence-electron chi connectivity index (χ0n) is 13.8. The standard InChI is InChI=1S/C18H27N3O2/c22-18(5-8-20-11-13-23-14-12-20)21-9-3-17(4-10-21)15-16-1-6-19-7-2-16/h1-2,6-7,17H,3-5,8-15H2. The zero-order valence-corrected chi connectivity index (χ0v) is 13.8. The lowest BCUT2D eigenvalue weighted by atomic mass is 9.90. The number of aromatic nitrogens is 1. The van der Waals surface area contributed by atoms with Crippen molar-refractivity contribution in [2.45, 2.75) is 25.7 Å². The van der Waals surface area contributed by atoms with Gasteiger partial charge in [0.25, 0.3) is 0 Å². The fourth-order valence-electron chi connectivity index (χ4n) is 3.48. The van der Waals surface area contributed by atoms with Gasteiger partial charge in [0.15, 0.2) is 0 Å². The van der Waals surface area contributed by atoms with Gasteiger partial charge >= 0.3 is 0 Å². The maximum absolute atomic E-state index is 12.4. The molecule has 2 aliphatic heterocycles. The summed E-state index contributed by atoms with van der Waals surface area (Å²) in [4.78, 5) is 20.8. The maximum atomic E-state index is 12.4. The third kappa shape index (κ3) is 5.01. The predicted molar refractivity (Wildman–Crippen MR) is 89.1 cm³/mol. The molecule has 1 aromatic heterocycles. The summed E-state index contributed by atoms with van der Waals surface area (Å²) >= 11 is 0. The fraction of sp³-hybridized carbons (Fsp3) is 0.667. The molecule has 0 aliphatic carbocycles. The Morgan fingerprint density at radius 3 is 2.52 bits per heavy atom. The molecule has 3 rings (SSSR count). The van der Waals surface area contributed by atoms with E-state index in [2.05, 4.69) is 26.9 Å². The van der Waals surface area contributed by atoms with Crippen LogP contribution in [0.15, 0.2) is 24.5 Å². The molecule has 0 saturated carbocycles. The van der Waals surface area contributed by atoms with E-state index < -0.39 is 0 Å². The summed E-state index contributed by atoms with van der Waals surface area (Å²) in [5.74, 6) is 1.01. The van der Waals surface area contributed by atoms with E-state index in [-0.39, 0.29) is 0 Å². The third-order valence-electron chi connectivity index (χ3n) is 4.99. The van der Waals surface area contributed by atoms with Crippen molar-refractivity contribution in [1.82, 2.24) is 14.8 Å². The normalized spacial score (nSPS) is 20.6. The lowest BCUT2D eigenvalue weighted by Gasteiger charge is -2.33. The SMILES string of the molecule is O=C(CCN1CCOCC1)N1CCC(Cc2ccncc2)CC1. The molecule has 2 fully saturated rings. The molecule has 5 nitrogen and oxygen atoms in total. The Kier molecular flexibility index (Phi) is 6.00. The largest absolute Gasteiger partial charge is 0.379 e. The number of likely N-dealkylation sites (tertiary alicyclic amines) is 1. The Labute approximate surface area is 138 Å². The summed E-state index contributed by atoms with van der Waals surface area (Å²) in [5, 5.41) is 0. The molecule has 0 radical (unpaired) electrons. The number of morpholine rings is 1. The van der Waals surface area contributed by atoms with Gasteiger partial charge in [-0.05, 0) is 42.9 Å². The lowest BCUT2D eigenvalue weighted by Crippen LogP contribution is -2.42. The summed E-state index contributed by atoms with van der Waals surface area (Å²) in [7, 11) is 0. The number of hydrogen-bond acceptors (Lipinski definition) is 4. The van der Waals surface area contributed by atoms with Crippen molar-refractivity contribution in [3.63, 3.8) is 0 Å². The Morgan fingerprint density at radius 2 is 1.83 bits per heavy atom. The highest BCUT2D eigenvalue weighted by Gasteiger charge is 2.23. The number of amides is 1. The van der Waals surface area contributed by atoms with Gasteiger partial charge < -0.3 is 9.64 Å². The van der Waals surface area contributed by atoms with Crippen LogP contribution in [0.5, 0.6) is 0 Å². The molecule has 0 unspecified atom stereocenters. The molecule has 3 heterocycles. The van der Waals surface area contributed by atoms with Gasteiger partial charge in [-0.3, -0.25) is 14.7 Å². The molecule has 0 spiro atoms. The average molecular weight is 317 g/mol. The molecular formula is C18H27N3O2. The second-order valence-corrected chi connectivity index (χ2v) is 6.59. The van der Waals surface area contributed by atoms with Crippen LogP contribution < -0.4 is 0 Å². The van der Waals surface area contributed by atoms with Crippen LogP contribution in [0, 0.1) is 5.92 Å². The van der Waals surface area contributed by atoms with Crippen LogP contribution in [-0.2, 0) is 16.0 Å². The molecule has 2 saturated heterocycles. The van der Waals surface area contributed by atoms with Crippen molar-refractivity contribution in [3.8, 4) is 0 Å². The smallest absolute Gasteiger partial charge is 0.223 e. The van der Waals surface area contributed by atoms with Gasteiger partial charge in [-0.2, -0.15) is 0 Å². The number of hydrogen-bond donors (Lipinski definition) is 0. The van der Waals surface area contributed by atoms with Crippen LogP contribution in [0.2, 0.25) is 0 Å². The predicted octanol–water partition coefficient (Wildman–Crippen LogP) is 1.58. The Bertz CT molecular complexity index is 480. The molecule has 1 amide bonds. The number of ether oxygens (including phenoxy) is 1. The molecule has 0 atom stereocenters. The fourth-order valence-corrected chi connectivity index (χ4v) is 3.48. The summed E-state index contributed by atoms with van der Waals surface area (Å²) < 4.78 is 5.34. The number of piperidine rings is 1. The monoisotopic (exact) mass is 317 g/mol. The van der Waals surface area contributed by atoms with Gasteiger partial charge in [-0.1, -0.05) is 0 Å². The van der Waals surface area contributed by atoms with E-state index in [4.69, 9.17) is 4.74 Å². The van der Waals surface area contributed by atoms with Crippen molar-refractivity contribution in [1.29, 1.82) is 0 Å². The molecule has 0 N–H and O–H groups in total. The van der Waals surface area contributed by atoms with Crippen LogP contribution in [0.4, 0.5) is 0 Å². The highest BCUT2D eigenvalue weighted by molar-refractivity contribution is 5.76.